The maximum Gasteiger partial charge on any atom is 0.274 e. The first-order valence-electron chi connectivity index (χ1n) is 9.22. The van der Waals surface area contributed by atoms with E-state index in [0.29, 0.717) is 35.8 Å². The third kappa shape index (κ3) is 5.59. The van der Waals surface area contributed by atoms with Crippen LogP contribution in [0.5, 0.6) is 11.5 Å². The Kier molecular flexibility index (Phi) is 6.84. The number of para-hydroxylation sites is 2. The summed E-state index contributed by atoms with van der Waals surface area (Å²) in [6.07, 6.45) is 0. The maximum atomic E-state index is 12.5. The Labute approximate surface area is 170 Å². The van der Waals surface area contributed by atoms with Crippen molar-refractivity contribution in [3.63, 3.8) is 0 Å². The van der Waals surface area contributed by atoms with Crippen molar-refractivity contribution in [3.05, 3.63) is 84.4 Å². The smallest absolute Gasteiger partial charge is 0.274 e. The van der Waals surface area contributed by atoms with Crippen LogP contribution in [0, 0.1) is 5.41 Å². The molecule has 0 aliphatic rings. The third-order valence-corrected chi connectivity index (χ3v) is 4.20. The van der Waals surface area contributed by atoms with Gasteiger partial charge in [0.2, 0.25) is 0 Å². The summed E-state index contributed by atoms with van der Waals surface area (Å²) in [6.45, 7) is 1.00. The summed E-state index contributed by atoms with van der Waals surface area (Å²) in [5.41, 5.74) is 1.72. The Balaban J connectivity index is 1.59. The first kappa shape index (κ1) is 19.9. The topological polar surface area (TPSA) is 83.4 Å². The van der Waals surface area contributed by atoms with E-state index >= 15 is 0 Å². The average Bonchev–Trinajstić information content (AvgIpc) is 2.77. The van der Waals surface area contributed by atoms with Gasteiger partial charge in [0.05, 0.1) is 7.11 Å². The normalized spacial score (nSPS) is 10.1. The molecule has 1 amide bonds. The number of methoxy groups -OCH3 is 1. The van der Waals surface area contributed by atoms with Crippen LogP contribution in [0.25, 0.3) is 0 Å². The Morgan fingerprint density at radius 3 is 2.31 bits per heavy atom. The average molecular weight is 389 g/mol. The molecular formula is C23H23N3O3. The second-order valence-electron chi connectivity index (χ2n) is 6.19. The van der Waals surface area contributed by atoms with Crippen molar-refractivity contribution in [2.45, 2.75) is 0 Å². The van der Waals surface area contributed by atoms with E-state index < -0.39 is 5.91 Å². The Hall–Kier alpha value is -3.80. The molecule has 29 heavy (non-hydrogen) atoms. The van der Waals surface area contributed by atoms with Crippen LogP contribution in [-0.4, -0.2) is 31.9 Å². The molecule has 0 atom stereocenters. The zero-order chi connectivity index (χ0) is 20.5. The van der Waals surface area contributed by atoms with Gasteiger partial charge in [-0.1, -0.05) is 36.4 Å². The van der Waals surface area contributed by atoms with Crippen LogP contribution in [0.3, 0.4) is 0 Å². The van der Waals surface area contributed by atoms with Crippen LogP contribution in [0.2, 0.25) is 0 Å². The number of amides is 1. The highest BCUT2D eigenvalue weighted by Crippen LogP contribution is 2.18. The molecule has 0 unspecified atom stereocenters. The summed E-state index contributed by atoms with van der Waals surface area (Å²) in [4.78, 5) is 12.5. The summed E-state index contributed by atoms with van der Waals surface area (Å²) in [5.74, 6) is 1.02. The fourth-order valence-corrected chi connectivity index (χ4v) is 2.72. The molecule has 3 N–H and O–H groups in total. The highest BCUT2D eigenvalue weighted by molar-refractivity contribution is 6.48. The van der Waals surface area contributed by atoms with Gasteiger partial charge in [0.15, 0.2) is 0 Å². The molecule has 0 aliphatic heterocycles. The summed E-state index contributed by atoms with van der Waals surface area (Å²) in [6, 6.07) is 23.8. The molecule has 0 heterocycles. The number of nitrogens with one attached hydrogen (secondary N) is 3. The lowest BCUT2D eigenvalue weighted by atomic mass is 10.1. The molecule has 6 heteroatoms. The van der Waals surface area contributed by atoms with Crippen molar-refractivity contribution in [1.29, 1.82) is 5.41 Å². The monoisotopic (exact) mass is 389 g/mol. The van der Waals surface area contributed by atoms with Crippen molar-refractivity contribution in [2.24, 2.45) is 0 Å². The van der Waals surface area contributed by atoms with Gasteiger partial charge in [-0.15, -0.1) is 0 Å². The fraction of sp³-hybridized carbons (Fsp3) is 0.130. The van der Waals surface area contributed by atoms with Gasteiger partial charge >= 0.3 is 0 Å². The van der Waals surface area contributed by atoms with E-state index in [9.17, 15) is 4.79 Å². The molecule has 3 aromatic carbocycles. The van der Waals surface area contributed by atoms with E-state index in [4.69, 9.17) is 14.9 Å². The van der Waals surface area contributed by atoms with Gasteiger partial charge in [-0.2, -0.15) is 0 Å². The molecule has 0 bridgehead atoms. The first-order valence-corrected chi connectivity index (χ1v) is 9.22. The van der Waals surface area contributed by atoms with Crippen LogP contribution in [0.15, 0.2) is 78.9 Å². The third-order valence-electron chi connectivity index (χ3n) is 4.20. The largest absolute Gasteiger partial charge is 0.497 e. The van der Waals surface area contributed by atoms with Gasteiger partial charge < -0.3 is 20.1 Å². The molecule has 0 saturated heterocycles. The van der Waals surface area contributed by atoms with Gasteiger partial charge in [-0.25, -0.2) is 0 Å². The van der Waals surface area contributed by atoms with Crippen molar-refractivity contribution < 1.29 is 14.3 Å². The summed E-state index contributed by atoms with van der Waals surface area (Å²) < 4.78 is 10.8. The summed E-state index contributed by atoms with van der Waals surface area (Å²) >= 11 is 0. The van der Waals surface area contributed by atoms with Gasteiger partial charge in [-0.3, -0.25) is 10.2 Å². The van der Waals surface area contributed by atoms with Crippen molar-refractivity contribution in [1.82, 2.24) is 0 Å². The van der Waals surface area contributed by atoms with Crippen molar-refractivity contribution >= 4 is 23.0 Å². The van der Waals surface area contributed by atoms with Gasteiger partial charge in [-0.05, 0) is 42.5 Å². The van der Waals surface area contributed by atoms with E-state index in [-0.39, 0.29) is 5.71 Å². The molecule has 148 valence electrons. The number of benzene rings is 3. The van der Waals surface area contributed by atoms with E-state index in [0.717, 1.165) is 5.75 Å². The fourth-order valence-electron chi connectivity index (χ4n) is 2.72. The number of hydrogen-bond acceptors (Lipinski definition) is 5. The van der Waals surface area contributed by atoms with Gasteiger partial charge in [0, 0.05) is 23.5 Å². The maximum absolute atomic E-state index is 12.5. The van der Waals surface area contributed by atoms with Crippen LogP contribution in [-0.2, 0) is 4.79 Å². The minimum atomic E-state index is -0.482. The van der Waals surface area contributed by atoms with Crippen molar-refractivity contribution in [2.75, 3.05) is 30.9 Å². The minimum absolute atomic E-state index is 0.118. The number of carbonyl (C=O) groups is 1. The SMILES string of the molecule is COc1ccc(NC(=O)C(=N)c2ccccc2NCCOc2ccccc2)cc1. The van der Waals surface area contributed by atoms with E-state index in [1.807, 2.05) is 42.5 Å². The second kappa shape index (κ2) is 9.94. The number of hydrogen-bond donors (Lipinski definition) is 3. The number of ether oxygens (including phenoxy) is 2. The molecule has 3 aromatic rings. The summed E-state index contributed by atoms with van der Waals surface area (Å²) in [7, 11) is 1.58. The highest BCUT2D eigenvalue weighted by atomic mass is 16.5. The lowest BCUT2D eigenvalue weighted by Gasteiger charge is -2.13. The van der Waals surface area contributed by atoms with Crippen molar-refractivity contribution in [3.8, 4) is 11.5 Å². The van der Waals surface area contributed by atoms with Crippen LogP contribution >= 0.6 is 0 Å². The quantitative estimate of drug-likeness (QED) is 0.378. The molecule has 0 aromatic heterocycles. The zero-order valence-electron chi connectivity index (χ0n) is 16.1. The Bertz CT molecular complexity index is 957. The number of rotatable bonds is 9. The predicted octanol–water partition coefficient (Wildman–Crippen LogP) is 4.19. The standard InChI is InChI=1S/C23H23N3O3/c1-28-18-13-11-17(12-14-18)26-23(27)22(24)20-9-5-6-10-21(20)25-15-16-29-19-7-3-2-4-8-19/h2-14,24-25H,15-16H2,1H3,(H,26,27). The second-order valence-corrected chi connectivity index (χ2v) is 6.19. The zero-order valence-corrected chi connectivity index (χ0v) is 16.1. The number of anilines is 2. The van der Waals surface area contributed by atoms with E-state index in [1.54, 1.807) is 43.5 Å². The lowest BCUT2D eigenvalue weighted by molar-refractivity contribution is -0.110. The molecular weight excluding hydrogens is 366 g/mol. The van der Waals surface area contributed by atoms with Gasteiger partial charge in [0.25, 0.3) is 5.91 Å². The molecule has 0 radical (unpaired) electrons. The highest BCUT2D eigenvalue weighted by Gasteiger charge is 2.15. The molecule has 3 rings (SSSR count). The molecule has 0 aliphatic carbocycles. The van der Waals surface area contributed by atoms with Gasteiger partial charge in [0.1, 0.15) is 23.8 Å². The van der Waals surface area contributed by atoms with Crippen LogP contribution in [0.4, 0.5) is 11.4 Å². The molecule has 0 saturated carbocycles. The Morgan fingerprint density at radius 2 is 1.59 bits per heavy atom. The molecule has 6 nitrogen and oxygen atoms in total. The predicted molar refractivity (Wildman–Crippen MR) is 115 cm³/mol. The summed E-state index contributed by atoms with van der Waals surface area (Å²) in [5, 5.41) is 14.3. The van der Waals surface area contributed by atoms with Crippen LogP contribution in [0.1, 0.15) is 5.56 Å². The number of carbonyl (C=O) groups excluding carboxylic acids is 1. The molecule has 0 fully saturated rings. The first-order chi connectivity index (χ1) is 14.2. The van der Waals surface area contributed by atoms with E-state index in [1.165, 1.54) is 0 Å². The minimum Gasteiger partial charge on any atom is -0.497 e. The van der Waals surface area contributed by atoms with E-state index in [2.05, 4.69) is 10.6 Å². The van der Waals surface area contributed by atoms with Crippen LogP contribution < -0.4 is 20.1 Å². The molecule has 0 spiro atoms. The Morgan fingerprint density at radius 1 is 0.897 bits per heavy atom. The lowest BCUT2D eigenvalue weighted by Crippen LogP contribution is -2.24.